The smallest absolute Gasteiger partial charge is 0.336 e. The lowest BCUT2D eigenvalue weighted by Crippen LogP contribution is -2.38. The minimum atomic E-state index is -0.385. The van der Waals surface area contributed by atoms with Gasteiger partial charge >= 0.3 is 5.69 Å². The van der Waals surface area contributed by atoms with Gasteiger partial charge in [-0.1, -0.05) is 54.6 Å². The molecule has 7 rings (SSSR count). The molecule has 3 heterocycles. The number of hydrogen-bond donors (Lipinski definition) is 0. The van der Waals surface area contributed by atoms with Crippen molar-refractivity contribution in [2.45, 2.75) is 25.8 Å². The average molecular weight is 532 g/mol. The van der Waals surface area contributed by atoms with Crippen molar-refractivity contribution >= 4 is 32.3 Å². The van der Waals surface area contributed by atoms with Crippen molar-refractivity contribution in [3.63, 3.8) is 0 Å². The number of pyridine rings is 1. The van der Waals surface area contributed by atoms with Crippen LogP contribution in [0.5, 0.6) is 5.75 Å². The lowest BCUT2D eigenvalue weighted by Gasteiger charge is -2.14. The molecule has 192 valence electrons. The summed E-state index contributed by atoms with van der Waals surface area (Å²) in [6.07, 6.45) is 6.60. The molecule has 0 fully saturated rings. The third-order valence-electron chi connectivity index (χ3n) is 7.62. The molecule has 0 spiro atoms. The number of thiophene rings is 1. The Kier molecular flexibility index (Phi) is 5.67. The van der Waals surface area contributed by atoms with Crippen LogP contribution in [0.15, 0.2) is 94.8 Å². The minimum absolute atomic E-state index is 0.317. The number of rotatable bonds is 5. The maximum atomic E-state index is 14.2. The summed E-state index contributed by atoms with van der Waals surface area (Å²) >= 11 is 1.46. The van der Waals surface area contributed by atoms with Gasteiger partial charge in [0.25, 0.3) is 5.56 Å². The van der Waals surface area contributed by atoms with Crippen LogP contribution >= 0.6 is 11.3 Å². The number of ether oxygens (including phenoxy) is 1. The molecule has 3 aromatic carbocycles. The van der Waals surface area contributed by atoms with Crippen molar-refractivity contribution in [3.8, 4) is 21.9 Å². The first kappa shape index (κ1) is 23.6. The lowest BCUT2D eigenvalue weighted by molar-refractivity contribution is 0.414. The third kappa shape index (κ3) is 3.89. The van der Waals surface area contributed by atoms with Gasteiger partial charge in [-0.3, -0.25) is 14.3 Å². The fraction of sp³-hybridized carbons (Fsp3) is 0.156. The van der Waals surface area contributed by atoms with Crippen molar-refractivity contribution in [1.29, 1.82) is 0 Å². The van der Waals surface area contributed by atoms with Crippen LogP contribution in [0.25, 0.3) is 37.1 Å². The molecule has 0 saturated carbocycles. The first-order valence-electron chi connectivity index (χ1n) is 13.0. The normalized spacial score (nSPS) is 12.7. The lowest BCUT2D eigenvalue weighted by atomic mass is 10.0. The molecule has 6 nitrogen and oxygen atoms in total. The fourth-order valence-electron chi connectivity index (χ4n) is 5.69. The van der Waals surface area contributed by atoms with E-state index >= 15 is 0 Å². The van der Waals surface area contributed by atoms with Gasteiger partial charge in [-0.05, 0) is 59.7 Å². The summed E-state index contributed by atoms with van der Waals surface area (Å²) in [4.78, 5) is 33.6. The largest absolute Gasteiger partial charge is 0.497 e. The summed E-state index contributed by atoms with van der Waals surface area (Å²) in [5.74, 6) is 0.749. The standard InChI is InChI=1S/C32H25N3O3S/c1-38-23-14-12-20(13-15-23)19-34-27-16-29(26-11-5-8-21-7-4-10-24(21)26)39-30(27)31(36)35(32(34)37)28-18-33-17-22-6-2-3-9-25(22)28/h2-3,5-6,8-9,11-18H,4,7,10,19H2,1H3. The third-order valence-corrected chi connectivity index (χ3v) is 8.77. The van der Waals surface area contributed by atoms with Crippen molar-refractivity contribution < 1.29 is 4.74 Å². The van der Waals surface area contributed by atoms with Crippen molar-refractivity contribution in [2.24, 2.45) is 0 Å². The second kappa shape index (κ2) is 9.36. The van der Waals surface area contributed by atoms with Crippen molar-refractivity contribution in [3.05, 3.63) is 123 Å². The molecule has 0 atom stereocenters. The van der Waals surface area contributed by atoms with E-state index < -0.39 is 0 Å². The maximum absolute atomic E-state index is 14.2. The molecule has 0 bridgehead atoms. The molecular weight excluding hydrogens is 506 g/mol. The first-order chi connectivity index (χ1) is 19.1. The Labute approximate surface area is 228 Å². The summed E-state index contributed by atoms with van der Waals surface area (Å²) in [5, 5.41) is 1.68. The summed E-state index contributed by atoms with van der Waals surface area (Å²) in [6, 6.07) is 23.8. The van der Waals surface area contributed by atoms with Crippen LogP contribution in [0.1, 0.15) is 23.1 Å². The summed E-state index contributed by atoms with van der Waals surface area (Å²) in [5.41, 5.74) is 5.27. The second-order valence-corrected chi connectivity index (χ2v) is 10.9. The number of benzene rings is 3. The average Bonchev–Trinajstić information content (AvgIpc) is 3.64. The van der Waals surface area contributed by atoms with E-state index in [1.807, 2.05) is 54.6 Å². The number of aryl methyl sites for hydroxylation is 1. The Balaban J connectivity index is 1.51. The topological polar surface area (TPSA) is 66.1 Å². The molecule has 0 aliphatic heterocycles. The highest BCUT2D eigenvalue weighted by molar-refractivity contribution is 7.22. The number of fused-ring (bicyclic) bond motifs is 3. The van der Waals surface area contributed by atoms with Crippen LogP contribution in [0.3, 0.4) is 0 Å². The number of nitrogens with zero attached hydrogens (tertiary/aromatic N) is 3. The molecule has 7 heteroatoms. The van der Waals surface area contributed by atoms with Gasteiger partial charge in [0.15, 0.2) is 0 Å². The van der Waals surface area contributed by atoms with E-state index in [9.17, 15) is 9.59 Å². The van der Waals surface area contributed by atoms with Crippen molar-refractivity contribution in [1.82, 2.24) is 14.1 Å². The molecule has 3 aromatic heterocycles. The monoisotopic (exact) mass is 531 g/mol. The molecule has 1 aliphatic carbocycles. The van der Waals surface area contributed by atoms with Gasteiger partial charge in [0.1, 0.15) is 10.4 Å². The quantitative estimate of drug-likeness (QED) is 0.275. The van der Waals surface area contributed by atoms with Crippen LogP contribution in [0, 0.1) is 0 Å². The Bertz CT molecular complexity index is 2000. The highest BCUT2D eigenvalue weighted by Crippen LogP contribution is 2.38. The molecule has 0 radical (unpaired) electrons. The maximum Gasteiger partial charge on any atom is 0.336 e. The Morgan fingerprint density at radius 3 is 2.64 bits per heavy atom. The number of hydrogen-bond acceptors (Lipinski definition) is 5. The summed E-state index contributed by atoms with van der Waals surface area (Å²) in [6.45, 7) is 0.320. The molecule has 0 amide bonds. The van der Waals surface area contributed by atoms with E-state index in [0.717, 1.165) is 51.8 Å². The van der Waals surface area contributed by atoms with Crippen molar-refractivity contribution in [2.75, 3.05) is 7.11 Å². The van der Waals surface area contributed by atoms with Gasteiger partial charge in [0, 0.05) is 21.8 Å². The van der Waals surface area contributed by atoms with Crippen LogP contribution in [-0.2, 0) is 19.4 Å². The molecule has 6 aromatic rings. The summed E-state index contributed by atoms with van der Waals surface area (Å²) < 4.78 is 8.87. The van der Waals surface area contributed by atoms with Gasteiger partial charge in [0.2, 0.25) is 0 Å². The zero-order chi connectivity index (χ0) is 26.5. The van der Waals surface area contributed by atoms with E-state index in [2.05, 4.69) is 23.2 Å². The van der Waals surface area contributed by atoms with Crippen LogP contribution in [0.4, 0.5) is 0 Å². The Hall–Kier alpha value is -4.49. The van der Waals surface area contributed by atoms with Gasteiger partial charge in [-0.2, -0.15) is 0 Å². The second-order valence-electron chi connectivity index (χ2n) is 9.86. The van der Waals surface area contributed by atoms with Gasteiger partial charge in [-0.25, -0.2) is 9.36 Å². The van der Waals surface area contributed by atoms with Gasteiger partial charge < -0.3 is 4.74 Å². The van der Waals surface area contributed by atoms with Crippen LogP contribution < -0.4 is 16.0 Å². The van der Waals surface area contributed by atoms with E-state index in [1.54, 1.807) is 24.1 Å². The van der Waals surface area contributed by atoms with Gasteiger partial charge in [0.05, 0.1) is 31.1 Å². The predicted octanol–water partition coefficient (Wildman–Crippen LogP) is 5.97. The Morgan fingerprint density at radius 2 is 1.79 bits per heavy atom. The zero-order valence-corrected chi connectivity index (χ0v) is 22.2. The zero-order valence-electron chi connectivity index (χ0n) is 21.4. The molecule has 1 aliphatic rings. The predicted molar refractivity (Wildman–Crippen MR) is 157 cm³/mol. The van der Waals surface area contributed by atoms with E-state index in [0.29, 0.717) is 22.4 Å². The Morgan fingerprint density at radius 1 is 0.949 bits per heavy atom. The first-order valence-corrected chi connectivity index (χ1v) is 13.8. The van der Waals surface area contributed by atoms with E-state index in [4.69, 9.17) is 4.74 Å². The van der Waals surface area contributed by atoms with Crippen LogP contribution in [0.2, 0.25) is 0 Å². The molecule has 0 unspecified atom stereocenters. The molecule has 0 N–H and O–H groups in total. The van der Waals surface area contributed by atoms with Gasteiger partial charge in [-0.15, -0.1) is 11.3 Å². The minimum Gasteiger partial charge on any atom is -0.497 e. The summed E-state index contributed by atoms with van der Waals surface area (Å²) in [7, 11) is 1.63. The number of methoxy groups -OCH3 is 1. The number of aromatic nitrogens is 3. The SMILES string of the molecule is COc1ccc(Cn2c(=O)n(-c3cncc4ccccc34)c(=O)c3sc(-c4cccc5c4CCC5)cc32)cc1. The molecule has 0 saturated heterocycles. The highest BCUT2D eigenvalue weighted by Gasteiger charge is 2.22. The highest BCUT2D eigenvalue weighted by atomic mass is 32.1. The molecular formula is C32H25N3O3S. The molecule has 39 heavy (non-hydrogen) atoms. The fourth-order valence-corrected chi connectivity index (χ4v) is 6.83. The van der Waals surface area contributed by atoms with Crippen LogP contribution in [-0.4, -0.2) is 21.2 Å². The van der Waals surface area contributed by atoms with E-state index in [1.165, 1.54) is 27.0 Å². The van der Waals surface area contributed by atoms with E-state index in [-0.39, 0.29) is 11.2 Å².